The van der Waals surface area contributed by atoms with Crippen LogP contribution in [0.15, 0.2) is 34.0 Å². The zero-order chi connectivity index (χ0) is 24.8. The predicted molar refractivity (Wildman–Crippen MR) is 144 cm³/mol. The lowest BCUT2D eigenvalue weighted by Crippen LogP contribution is -2.34. The Balaban J connectivity index is 0.00000280. The van der Waals surface area contributed by atoms with Crippen LogP contribution < -0.4 is 25.5 Å². The van der Waals surface area contributed by atoms with Crippen LogP contribution in [0.25, 0.3) is 20.6 Å². The largest absolute Gasteiger partial charge is 0.496 e. The maximum Gasteiger partial charge on any atom is 0.328 e. The van der Waals surface area contributed by atoms with Crippen molar-refractivity contribution in [2.24, 2.45) is 5.92 Å². The van der Waals surface area contributed by atoms with Gasteiger partial charge >= 0.3 is 5.69 Å². The van der Waals surface area contributed by atoms with E-state index in [1.165, 1.54) is 34.8 Å². The maximum absolute atomic E-state index is 13.1. The summed E-state index contributed by atoms with van der Waals surface area (Å²) in [6.45, 7) is 3.92. The highest BCUT2D eigenvalue weighted by Gasteiger charge is 2.40. The van der Waals surface area contributed by atoms with Crippen LogP contribution in [0, 0.1) is 5.92 Å². The number of methoxy groups -OCH3 is 2. The van der Waals surface area contributed by atoms with E-state index in [0.29, 0.717) is 44.8 Å². The van der Waals surface area contributed by atoms with E-state index in [0.717, 1.165) is 50.6 Å². The van der Waals surface area contributed by atoms with E-state index in [1.54, 1.807) is 7.11 Å². The van der Waals surface area contributed by atoms with Gasteiger partial charge in [0.2, 0.25) is 5.88 Å². The number of halogens is 1. The second-order valence-electron chi connectivity index (χ2n) is 9.28. The van der Waals surface area contributed by atoms with Crippen LogP contribution in [0.2, 0.25) is 0 Å². The molecule has 0 bridgehead atoms. The zero-order valence-corrected chi connectivity index (χ0v) is 22.2. The Labute approximate surface area is 222 Å². The molecular formula is C25H28ClN5O5S. The number of hydrogen-bond donors (Lipinski definition) is 1. The molecule has 37 heavy (non-hydrogen) atoms. The summed E-state index contributed by atoms with van der Waals surface area (Å²) in [5, 5.41) is 0. The Kier molecular flexibility index (Phi) is 7.11. The first kappa shape index (κ1) is 25.5. The fraction of sp³-hybridized carbons (Fsp3) is 0.440. The first-order valence-electron chi connectivity index (χ1n) is 12.1. The Morgan fingerprint density at radius 2 is 2.00 bits per heavy atom. The van der Waals surface area contributed by atoms with Crippen molar-refractivity contribution in [1.29, 1.82) is 0 Å². The molecule has 1 saturated heterocycles. The van der Waals surface area contributed by atoms with Gasteiger partial charge in [0.25, 0.3) is 5.56 Å². The number of hydrogen-bond acceptors (Lipinski definition) is 9. The van der Waals surface area contributed by atoms with E-state index in [9.17, 15) is 9.59 Å². The number of H-pyrrole nitrogens is 1. The molecule has 0 radical (unpaired) electrons. The van der Waals surface area contributed by atoms with Gasteiger partial charge in [-0.1, -0.05) is 6.07 Å². The van der Waals surface area contributed by atoms with Crippen LogP contribution in [-0.2, 0) is 6.54 Å². The lowest BCUT2D eigenvalue weighted by Gasteiger charge is -2.29. The van der Waals surface area contributed by atoms with Crippen molar-refractivity contribution < 1.29 is 14.2 Å². The number of unbranched alkanes of at least 4 members (excludes halogenated alkanes) is 1. The summed E-state index contributed by atoms with van der Waals surface area (Å²) in [6.07, 6.45) is 3.12. The fourth-order valence-corrected chi connectivity index (χ4v) is 6.44. The van der Waals surface area contributed by atoms with Gasteiger partial charge < -0.3 is 24.1 Å². The second kappa shape index (κ2) is 10.3. The molecule has 0 spiro atoms. The van der Waals surface area contributed by atoms with E-state index in [-0.39, 0.29) is 18.0 Å². The molecular weight excluding hydrogens is 518 g/mol. The lowest BCUT2D eigenvalue weighted by molar-refractivity contribution is 0.209. The van der Waals surface area contributed by atoms with Crippen LogP contribution >= 0.6 is 23.7 Å². The van der Waals surface area contributed by atoms with Crippen LogP contribution in [0.5, 0.6) is 17.4 Å². The topological polar surface area (TPSA) is 112 Å². The first-order chi connectivity index (χ1) is 17.6. The van der Waals surface area contributed by atoms with Crippen molar-refractivity contribution in [3.8, 4) is 17.4 Å². The number of fused-ring (bicyclic) bond motifs is 6. The molecule has 0 unspecified atom stereocenters. The van der Waals surface area contributed by atoms with Gasteiger partial charge in [-0.15, -0.1) is 23.7 Å². The molecule has 12 heteroatoms. The number of thiophene rings is 1. The molecule has 6 rings (SSSR count). The number of ether oxygens (including phenoxy) is 3. The number of nitrogens with zero attached hydrogens (tertiary/aromatic N) is 4. The molecule has 0 amide bonds. The third-order valence-electron chi connectivity index (χ3n) is 7.20. The molecule has 2 aliphatic rings. The Morgan fingerprint density at radius 3 is 2.81 bits per heavy atom. The molecule has 0 saturated carbocycles. The van der Waals surface area contributed by atoms with E-state index >= 15 is 0 Å². The summed E-state index contributed by atoms with van der Waals surface area (Å²) < 4.78 is 18.5. The van der Waals surface area contributed by atoms with E-state index in [4.69, 9.17) is 14.2 Å². The number of rotatable bonds is 7. The quantitative estimate of drug-likeness (QED) is 0.353. The van der Waals surface area contributed by atoms with Crippen molar-refractivity contribution >= 4 is 44.3 Å². The second-order valence-corrected chi connectivity index (χ2v) is 10.3. The SMILES string of the molecule is COc1cnc2sc3c(=O)n(CCCCN4C[C@@H]5COc6cccc(OC)c6[C@@H]5C4)c(=O)[nH]c3c2n1.Cl. The molecule has 1 N–H and O–H groups in total. The normalized spacial score (nSPS) is 18.8. The molecule has 2 aliphatic heterocycles. The van der Waals surface area contributed by atoms with Gasteiger partial charge in [-0.05, 0) is 31.5 Å². The summed E-state index contributed by atoms with van der Waals surface area (Å²) in [6, 6.07) is 5.98. The summed E-state index contributed by atoms with van der Waals surface area (Å²) in [4.78, 5) is 40.4. The third kappa shape index (κ3) is 4.45. The molecule has 1 fully saturated rings. The highest BCUT2D eigenvalue weighted by molar-refractivity contribution is 7.25. The minimum atomic E-state index is -0.426. The van der Waals surface area contributed by atoms with Gasteiger partial charge in [0.1, 0.15) is 26.5 Å². The monoisotopic (exact) mass is 545 g/mol. The Bertz CT molecular complexity index is 1550. The van der Waals surface area contributed by atoms with Crippen molar-refractivity contribution in [3.05, 3.63) is 50.8 Å². The lowest BCUT2D eigenvalue weighted by atomic mass is 9.86. The number of aromatic amines is 1. The molecule has 3 aromatic heterocycles. The fourth-order valence-electron chi connectivity index (χ4n) is 5.45. The predicted octanol–water partition coefficient (Wildman–Crippen LogP) is 3.02. The summed E-state index contributed by atoms with van der Waals surface area (Å²) in [5.41, 5.74) is 1.35. The maximum atomic E-state index is 13.1. The van der Waals surface area contributed by atoms with Gasteiger partial charge in [-0.25, -0.2) is 14.8 Å². The van der Waals surface area contributed by atoms with Crippen LogP contribution in [0.1, 0.15) is 24.3 Å². The van der Waals surface area contributed by atoms with Crippen molar-refractivity contribution in [3.63, 3.8) is 0 Å². The van der Waals surface area contributed by atoms with Crippen LogP contribution in [0.3, 0.4) is 0 Å². The molecule has 1 aromatic carbocycles. The molecule has 196 valence electrons. The number of aromatic nitrogens is 4. The number of benzene rings is 1. The average molecular weight is 546 g/mol. The first-order valence-corrected chi connectivity index (χ1v) is 12.9. The van der Waals surface area contributed by atoms with Gasteiger partial charge in [0, 0.05) is 37.0 Å². The van der Waals surface area contributed by atoms with Crippen LogP contribution in [0.4, 0.5) is 0 Å². The van der Waals surface area contributed by atoms with E-state index < -0.39 is 5.69 Å². The standard InChI is InChI=1S/C25H27N5O5S.ClH/c1-33-16-6-5-7-17-19(16)15-12-29(11-14(15)13-35-17)8-3-4-9-30-24(31)22-20(28-25(30)32)21-23(36-22)26-10-18(27-21)34-2;/h5-7,10,14-15H,3-4,8-9,11-13H2,1-2H3,(H,28,32);1H/t14-,15-;/m1./s1. The van der Waals surface area contributed by atoms with Gasteiger partial charge in [0.15, 0.2) is 0 Å². The summed E-state index contributed by atoms with van der Waals surface area (Å²) in [7, 11) is 3.20. The minimum absolute atomic E-state index is 0. The van der Waals surface area contributed by atoms with Crippen LogP contribution in [-0.4, -0.2) is 64.9 Å². The van der Waals surface area contributed by atoms with Crippen molar-refractivity contribution in [2.75, 3.05) is 40.5 Å². The van der Waals surface area contributed by atoms with E-state index in [1.807, 2.05) is 18.2 Å². The van der Waals surface area contributed by atoms with E-state index in [2.05, 4.69) is 19.9 Å². The highest BCUT2D eigenvalue weighted by Crippen LogP contribution is 2.46. The Hall–Kier alpha value is -3.15. The number of nitrogens with one attached hydrogen (secondary N) is 1. The molecule has 4 aromatic rings. The third-order valence-corrected chi connectivity index (χ3v) is 8.27. The van der Waals surface area contributed by atoms with Gasteiger partial charge in [-0.2, -0.15) is 0 Å². The zero-order valence-electron chi connectivity index (χ0n) is 20.6. The minimum Gasteiger partial charge on any atom is -0.496 e. The number of likely N-dealkylation sites (tertiary alicyclic amines) is 1. The van der Waals surface area contributed by atoms with Gasteiger partial charge in [-0.3, -0.25) is 9.36 Å². The Morgan fingerprint density at radius 1 is 1.16 bits per heavy atom. The summed E-state index contributed by atoms with van der Waals surface area (Å²) in [5.74, 6) is 2.99. The van der Waals surface area contributed by atoms with Gasteiger partial charge in [0.05, 0.1) is 32.5 Å². The average Bonchev–Trinajstić information content (AvgIpc) is 3.48. The highest BCUT2D eigenvalue weighted by atomic mass is 35.5. The molecule has 5 heterocycles. The van der Waals surface area contributed by atoms with Crippen molar-refractivity contribution in [1.82, 2.24) is 24.4 Å². The molecule has 0 aliphatic carbocycles. The molecule has 2 atom stereocenters. The summed E-state index contributed by atoms with van der Waals surface area (Å²) >= 11 is 1.24. The smallest absolute Gasteiger partial charge is 0.328 e. The van der Waals surface area contributed by atoms with Crippen molar-refractivity contribution in [2.45, 2.75) is 25.3 Å². The molecule has 10 nitrogen and oxygen atoms in total.